The molecule has 1 aliphatic heterocycles. The third-order valence-corrected chi connectivity index (χ3v) is 3.14. The average Bonchev–Trinajstić information content (AvgIpc) is 2.44. The molecule has 70 valence electrons. The van der Waals surface area contributed by atoms with Crippen molar-refractivity contribution in [1.82, 2.24) is 4.90 Å². The van der Waals surface area contributed by atoms with Gasteiger partial charge >= 0.3 is 0 Å². The fourth-order valence-electron chi connectivity index (χ4n) is 2.54. The van der Waals surface area contributed by atoms with Gasteiger partial charge in [0, 0.05) is 24.9 Å². The fraction of sp³-hybridized carbons (Fsp3) is 1.00. The summed E-state index contributed by atoms with van der Waals surface area (Å²) in [4.78, 5) is 2.22. The number of alkyl halides is 2. The van der Waals surface area contributed by atoms with Crippen LogP contribution in [0.4, 0.5) is 8.78 Å². The standard InChI is InChI=1S/C9H15F2N/c1-2-3-12-6-7-4-8(12)5-9(7,10)11/h7-8H,2-6H2,1H3. The van der Waals surface area contributed by atoms with Crippen LogP contribution in [0.15, 0.2) is 0 Å². The highest BCUT2D eigenvalue weighted by molar-refractivity contribution is 5.01. The second kappa shape index (κ2) is 2.66. The van der Waals surface area contributed by atoms with Gasteiger partial charge in [0.05, 0.1) is 0 Å². The van der Waals surface area contributed by atoms with Crippen molar-refractivity contribution in [2.45, 2.75) is 38.2 Å². The van der Waals surface area contributed by atoms with Crippen LogP contribution < -0.4 is 0 Å². The molecule has 2 unspecified atom stereocenters. The molecule has 1 saturated heterocycles. The zero-order valence-corrected chi connectivity index (χ0v) is 7.39. The van der Waals surface area contributed by atoms with Gasteiger partial charge in [0.1, 0.15) is 0 Å². The van der Waals surface area contributed by atoms with Crippen LogP contribution in [0.3, 0.4) is 0 Å². The van der Waals surface area contributed by atoms with E-state index in [0.717, 1.165) is 19.4 Å². The zero-order valence-electron chi connectivity index (χ0n) is 7.39. The highest BCUT2D eigenvalue weighted by atomic mass is 19.3. The number of hydrogen-bond acceptors (Lipinski definition) is 1. The van der Waals surface area contributed by atoms with Gasteiger partial charge in [-0.2, -0.15) is 0 Å². The van der Waals surface area contributed by atoms with Gasteiger partial charge in [-0.15, -0.1) is 0 Å². The first kappa shape index (κ1) is 8.42. The molecule has 1 nitrogen and oxygen atoms in total. The van der Waals surface area contributed by atoms with E-state index in [4.69, 9.17) is 0 Å². The fourth-order valence-corrected chi connectivity index (χ4v) is 2.54. The van der Waals surface area contributed by atoms with Crippen LogP contribution in [-0.2, 0) is 0 Å². The van der Waals surface area contributed by atoms with Crippen LogP contribution >= 0.6 is 0 Å². The Bertz CT molecular complexity index is 181. The SMILES string of the molecule is CCCN1CC2CC1CC2(F)F. The number of rotatable bonds is 2. The van der Waals surface area contributed by atoms with E-state index < -0.39 is 5.92 Å². The third kappa shape index (κ3) is 1.15. The van der Waals surface area contributed by atoms with Gasteiger partial charge < -0.3 is 0 Å². The number of fused-ring (bicyclic) bond motifs is 2. The van der Waals surface area contributed by atoms with E-state index in [1.807, 2.05) is 0 Å². The van der Waals surface area contributed by atoms with Gasteiger partial charge in [-0.3, -0.25) is 4.90 Å². The highest BCUT2D eigenvalue weighted by Crippen LogP contribution is 2.47. The van der Waals surface area contributed by atoms with Gasteiger partial charge in [0.15, 0.2) is 0 Å². The Kier molecular flexibility index (Phi) is 1.86. The molecule has 2 aliphatic rings. The van der Waals surface area contributed by atoms with Crippen molar-refractivity contribution in [1.29, 1.82) is 0 Å². The van der Waals surface area contributed by atoms with Gasteiger partial charge in [-0.1, -0.05) is 6.92 Å². The Morgan fingerprint density at radius 3 is 2.67 bits per heavy atom. The lowest BCUT2D eigenvalue weighted by Gasteiger charge is -2.30. The lowest BCUT2D eigenvalue weighted by atomic mass is 10.1. The first-order chi connectivity index (χ1) is 5.63. The number of halogens is 2. The van der Waals surface area contributed by atoms with Crippen molar-refractivity contribution in [3.8, 4) is 0 Å². The lowest BCUT2D eigenvalue weighted by Crippen LogP contribution is -2.41. The van der Waals surface area contributed by atoms with E-state index in [0.29, 0.717) is 6.54 Å². The summed E-state index contributed by atoms with van der Waals surface area (Å²) in [5.74, 6) is -2.69. The van der Waals surface area contributed by atoms with Crippen LogP contribution in [0.1, 0.15) is 26.2 Å². The van der Waals surface area contributed by atoms with Crippen LogP contribution in [-0.4, -0.2) is 30.0 Å². The molecule has 0 amide bonds. The molecular formula is C9H15F2N. The summed E-state index contributed by atoms with van der Waals surface area (Å²) in [7, 11) is 0. The first-order valence-corrected chi connectivity index (χ1v) is 4.75. The summed E-state index contributed by atoms with van der Waals surface area (Å²) in [6.45, 7) is 3.73. The van der Waals surface area contributed by atoms with E-state index in [1.165, 1.54) is 0 Å². The molecule has 0 aromatic heterocycles. The summed E-state index contributed by atoms with van der Waals surface area (Å²) in [6.07, 6.45) is 1.92. The molecule has 0 N–H and O–H groups in total. The molecule has 3 heteroatoms. The number of piperidine rings is 1. The molecule has 2 rings (SSSR count). The second-order valence-electron chi connectivity index (χ2n) is 4.05. The monoisotopic (exact) mass is 175 g/mol. The van der Waals surface area contributed by atoms with E-state index >= 15 is 0 Å². The Morgan fingerprint density at radius 2 is 2.25 bits per heavy atom. The quantitative estimate of drug-likeness (QED) is 0.621. The van der Waals surface area contributed by atoms with Crippen molar-refractivity contribution in [3.63, 3.8) is 0 Å². The maximum absolute atomic E-state index is 13.0. The first-order valence-electron chi connectivity index (χ1n) is 4.75. The molecule has 0 radical (unpaired) electrons. The number of likely N-dealkylation sites (tertiary alicyclic amines) is 1. The Labute approximate surface area is 71.7 Å². The molecule has 2 bridgehead atoms. The molecule has 12 heavy (non-hydrogen) atoms. The molecular weight excluding hydrogens is 160 g/mol. The molecule has 2 fully saturated rings. The molecule has 2 atom stereocenters. The van der Waals surface area contributed by atoms with Crippen molar-refractivity contribution < 1.29 is 8.78 Å². The van der Waals surface area contributed by atoms with E-state index in [1.54, 1.807) is 0 Å². The summed E-state index contributed by atoms with van der Waals surface area (Å²) in [6, 6.07) is 0.185. The molecule has 0 spiro atoms. The minimum atomic E-state index is -2.35. The van der Waals surface area contributed by atoms with Gasteiger partial charge in [0.25, 0.3) is 5.92 Å². The Balaban J connectivity index is 1.98. The summed E-state index contributed by atoms with van der Waals surface area (Å²) >= 11 is 0. The normalized spacial score (nSPS) is 39.2. The molecule has 1 saturated carbocycles. The van der Waals surface area contributed by atoms with Gasteiger partial charge in [-0.25, -0.2) is 8.78 Å². The molecule has 0 aromatic rings. The molecule has 1 heterocycles. The third-order valence-electron chi connectivity index (χ3n) is 3.14. The second-order valence-corrected chi connectivity index (χ2v) is 4.05. The van der Waals surface area contributed by atoms with Gasteiger partial charge in [-0.05, 0) is 19.4 Å². The van der Waals surface area contributed by atoms with Crippen LogP contribution in [0, 0.1) is 5.92 Å². The minimum absolute atomic E-state index is 0.109. The summed E-state index contributed by atoms with van der Waals surface area (Å²) in [5.41, 5.74) is 0. The van der Waals surface area contributed by atoms with Crippen LogP contribution in [0.25, 0.3) is 0 Å². The van der Waals surface area contributed by atoms with E-state index in [2.05, 4.69) is 11.8 Å². The van der Waals surface area contributed by atoms with E-state index in [-0.39, 0.29) is 18.4 Å². The average molecular weight is 175 g/mol. The van der Waals surface area contributed by atoms with Crippen molar-refractivity contribution in [3.05, 3.63) is 0 Å². The summed E-state index contributed by atoms with van der Waals surface area (Å²) < 4.78 is 26.1. The molecule has 1 aliphatic carbocycles. The maximum atomic E-state index is 13.0. The van der Waals surface area contributed by atoms with Crippen molar-refractivity contribution in [2.24, 2.45) is 5.92 Å². The van der Waals surface area contributed by atoms with E-state index in [9.17, 15) is 8.78 Å². The Morgan fingerprint density at radius 1 is 1.50 bits per heavy atom. The maximum Gasteiger partial charge on any atom is 0.253 e. The van der Waals surface area contributed by atoms with Crippen LogP contribution in [0.2, 0.25) is 0 Å². The van der Waals surface area contributed by atoms with Gasteiger partial charge in [0.2, 0.25) is 0 Å². The summed E-state index contributed by atoms with van der Waals surface area (Å²) in [5, 5.41) is 0. The van der Waals surface area contributed by atoms with Crippen molar-refractivity contribution >= 4 is 0 Å². The number of nitrogens with zero attached hydrogens (tertiary/aromatic N) is 1. The zero-order chi connectivity index (χ0) is 8.77. The predicted molar refractivity (Wildman–Crippen MR) is 43.3 cm³/mol. The topological polar surface area (TPSA) is 3.24 Å². The van der Waals surface area contributed by atoms with Crippen LogP contribution in [0.5, 0.6) is 0 Å². The minimum Gasteiger partial charge on any atom is -0.300 e. The lowest BCUT2D eigenvalue weighted by molar-refractivity contribution is -0.0671. The smallest absolute Gasteiger partial charge is 0.253 e. The van der Waals surface area contributed by atoms with Crippen molar-refractivity contribution in [2.75, 3.05) is 13.1 Å². The highest BCUT2D eigenvalue weighted by Gasteiger charge is 2.55. The largest absolute Gasteiger partial charge is 0.300 e. The predicted octanol–water partition coefficient (Wildman–Crippen LogP) is 2.13. The number of hydrogen-bond donors (Lipinski definition) is 0. The Hall–Kier alpha value is -0.180. The molecule has 0 aromatic carbocycles.